The molecule has 0 saturated heterocycles. The van der Waals surface area contributed by atoms with Crippen molar-refractivity contribution >= 4 is 27.3 Å². The van der Waals surface area contributed by atoms with Gasteiger partial charge in [0.15, 0.2) is 0 Å². The first kappa shape index (κ1) is 12.2. The number of hydrogen-bond acceptors (Lipinski definition) is 2. The lowest BCUT2D eigenvalue weighted by molar-refractivity contribution is 0.584. The molecule has 0 saturated carbocycles. The third-order valence-corrected chi connectivity index (χ3v) is 3.18. The Kier molecular flexibility index (Phi) is 3.87. The first-order chi connectivity index (χ1) is 6.93. The third kappa shape index (κ3) is 4.01. The van der Waals surface area contributed by atoms with E-state index in [2.05, 4.69) is 0 Å². The Balaban J connectivity index is 2.90. The maximum absolute atomic E-state index is 12.7. The summed E-state index contributed by atoms with van der Waals surface area (Å²) in [7, 11) is -3.63. The second-order valence-corrected chi connectivity index (χ2v) is 4.99. The highest BCUT2D eigenvalue weighted by Crippen LogP contribution is 2.14. The number of hydrogen-bond donors (Lipinski definition) is 1. The Bertz CT molecular complexity index is 430. The van der Waals surface area contributed by atoms with E-state index < -0.39 is 21.7 Å². The molecule has 7 heteroatoms. The third-order valence-electron chi connectivity index (χ3n) is 1.48. The van der Waals surface area contributed by atoms with E-state index in [1.807, 2.05) is 4.72 Å². The molecule has 0 radical (unpaired) electrons. The predicted molar refractivity (Wildman–Crippen MR) is 54.5 cm³/mol. The smallest absolute Gasteiger partial charge is 0.233 e. The predicted octanol–water partition coefficient (Wildman–Crippen LogP) is 1.95. The van der Waals surface area contributed by atoms with Gasteiger partial charge >= 0.3 is 0 Å². The average molecular weight is 256 g/mol. The second kappa shape index (κ2) is 4.76. The Morgan fingerprint density at radius 3 is 2.20 bits per heavy atom. The number of nitrogens with one attached hydrogen (secondary N) is 1. The Morgan fingerprint density at radius 2 is 1.73 bits per heavy atom. The van der Waals surface area contributed by atoms with Crippen molar-refractivity contribution in [2.45, 2.75) is 0 Å². The minimum atomic E-state index is -3.63. The maximum Gasteiger partial charge on any atom is 0.233 e. The number of rotatable bonds is 4. The Morgan fingerprint density at radius 1 is 1.20 bits per heavy atom. The van der Waals surface area contributed by atoms with Gasteiger partial charge in [0.2, 0.25) is 10.0 Å². The van der Waals surface area contributed by atoms with E-state index in [1.165, 1.54) is 0 Å². The standard InChI is InChI=1S/C8H8ClF2NO2S/c9-1-2-15(13,14)12-8-4-6(10)3-7(11)5-8/h3-5,12H,1-2H2. The highest BCUT2D eigenvalue weighted by molar-refractivity contribution is 7.92. The molecule has 1 aromatic carbocycles. The normalized spacial score (nSPS) is 11.4. The molecule has 0 fully saturated rings. The van der Waals surface area contributed by atoms with Crippen molar-refractivity contribution in [1.82, 2.24) is 0 Å². The molecule has 0 aliphatic rings. The van der Waals surface area contributed by atoms with Crippen LogP contribution < -0.4 is 4.72 Å². The van der Waals surface area contributed by atoms with Crippen molar-refractivity contribution in [3.63, 3.8) is 0 Å². The zero-order chi connectivity index (χ0) is 11.5. The van der Waals surface area contributed by atoms with Gasteiger partial charge in [-0.2, -0.15) is 0 Å². The molecular formula is C8H8ClF2NO2S. The van der Waals surface area contributed by atoms with Gasteiger partial charge in [-0.1, -0.05) is 0 Å². The monoisotopic (exact) mass is 255 g/mol. The zero-order valence-corrected chi connectivity index (χ0v) is 9.08. The van der Waals surface area contributed by atoms with E-state index in [-0.39, 0.29) is 17.3 Å². The van der Waals surface area contributed by atoms with E-state index in [9.17, 15) is 17.2 Å². The summed E-state index contributed by atoms with van der Waals surface area (Å²) in [5.41, 5.74) is -0.155. The summed E-state index contributed by atoms with van der Waals surface area (Å²) >= 11 is 5.25. The van der Waals surface area contributed by atoms with Crippen LogP contribution in [0.2, 0.25) is 0 Å². The summed E-state index contributed by atoms with van der Waals surface area (Å²) in [4.78, 5) is 0. The Labute approximate surface area is 91.1 Å². The van der Waals surface area contributed by atoms with Crippen molar-refractivity contribution in [2.75, 3.05) is 16.4 Å². The fourth-order valence-corrected chi connectivity index (χ4v) is 2.34. The van der Waals surface area contributed by atoms with Crippen molar-refractivity contribution in [1.29, 1.82) is 0 Å². The SMILES string of the molecule is O=S(=O)(CCCl)Nc1cc(F)cc(F)c1. The van der Waals surface area contributed by atoms with Gasteiger partial charge in [0, 0.05) is 11.9 Å². The van der Waals surface area contributed by atoms with Crippen LogP contribution in [0.4, 0.5) is 14.5 Å². The van der Waals surface area contributed by atoms with Gasteiger partial charge < -0.3 is 0 Å². The lowest BCUT2D eigenvalue weighted by atomic mass is 10.3. The van der Waals surface area contributed by atoms with Gasteiger partial charge in [-0.3, -0.25) is 4.72 Å². The average Bonchev–Trinajstić information content (AvgIpc) is 1.99. The quantitative estimate of drug-likeness (QED) is 0.836. The molecule has 3 nitrogen and oxygen atoms in total. The largest absolute Gasteiger partial charge is 0.283 e. The fourth-order valence-electron chi connectivity index (χ4n) is 0.945. The zero-order valence-electron chi connectivity index (χ0n) is 7.50. The van der Waals surface area contributed by atoms with Crippen molar-refractivity contribution < 1.29 is 17.2 Å². The number of alkyl halides is 1. The van der Waals surface area contributed by atoms with Crippen LogP contribution in [-0.2, 0) is 10.0 Å². The van der Waals surface area contributed by atoms with E-state index >= 15 is 0 Å². The number of anilines is 1. The van der Waals surface area contributed by atoms with E-state index in [0.717, 1.165) is 12.1 Å². The maximum atomic E-state index is 12.7. The molecule has 0 atom stereocenters. The van der Waals surface area contributed by atoms with E-state index in [4.69, 9.17) is 11.6 Å². The molecule has 0 aromatic heterocycles. The topological polar surface area (TPSA) is 46.2 Å². The summed E-state index contributed by atoms with van der Waals surface area (Å²) in [6, 6.07) is 2.42. The van der Waals surface area contributed by atoms with Gasteiger partial charge in [0.05, 0.1) is 11.4 Å². The molecule has 0 amide bonds. The van der Waals surface area contributed by atoms with Crippen molar-refractivity contribution in [3.05, 3.63) is 29.8 Å². The fraction of sp³-hybridized carbons (Fsp3) is 0.250. The van der Waals surface area contributed by atoms with Crippen LogP contribution in [-0.4, -0.2) is 20.1 Å². The molecule has 0 aliphatic carbocycles. The summed E-state index contributed by atoms with van der Waals surface area (Å²) in [5.74, 6) is -2.10. The van der Waals surface area contributed by atoms with Gasteiger partial charge in [0.25, 0.3) is 0 Å². The van der Waals surface area contributed by atoms with Crippen LogP contribution in [0.25, 0.3) is 0 Å². The van der Waals surface area contributed by atoms with Crippen LogP contribution in [0.1, 0.15) is 0 Å². The van der Waals surface area contributed by atoms with Gasteiger partial charge in [-0.25, -0.2) is 17.2 Å². The number of benzene rings is 1. The summed E-state index contributed by atoms with van der Waals surface area (Å²) < 4.78 is 49.7. The lowest BCUT2D eigenvalue weighted by Crippen LogP contribution is -2.17. The van der Waals surface area contributed by atoms with E-state index in [1.54, 1.807) is 0 Å². The van der Waals surface area contributed by atoms with Gasteiger partial charge in [0.1, 0.15) is 11.6 Å². The molecule has 0 spiro atoms. The minimum Gasteiger partial charge on any atom is -0.283 e. The summed E-state index contributed by atoms with van der Waals surface area (Å²) in [6.07, 6.45) is 0. The first-order valence-electron chi connectivity index (χ1n) is 3.95. The molecular weight excluding hydrogens is 248 g/mol. The molecule has 0 unspecified atom stereocenters. The Hall–Kier alpha value is -0.880. The molecule has 15 heavy (non-hydrogen) atoms. The van der Waals surface area contributed by atoms with Crippen LogP contribution in [0.3, 0.4) is 0 Å². The molecule has 0 bridgehead atoms. The van der Waals surface area contributed by atoms with Crippen LogP contribution in [0, 0.1) is 11.6 Å². The van der Waals surface area contributed by atoms with Crippen molar-refractivity contribution in [2.24, 2.45) is 0 Å². The molecule has 1 rings (SSSR count). The van der Waals surface area contributed by atoms with E-state index in [0.29, 0.717) is 6.07 Å². The van der Waals surface area contributed by atoms with Gasteiger partial charge in [-0.05, 0) is 12.1 Å². The highest BCUT2D eigenvalue weighted by Gasteiger charge is 2.10. The molecule has 0 heterocycles. The van der Waals surface area contributed by atoms with Gasteiger partial charge in [-0.15, -0.1) is 11.6 Å². The summed E-state index contributed by atoms with van der Waals surface area (Å²) in [6.45, 7) is 0. The van der Waals surface area contributed by atoms with Crippen molar-refractivity contribution in [3.8, 4) is 0 Å². The molecule has 0 aliphatic heterocycles. The van der Waals surface area contributed by atoms with Crippen LogP contribution in [0.5, 0.6) is 0 Å². The van der Waals surface area contributed by atoms with Crippen LogP contribution in [0.15, 0.2) is 18.2 Å². The number of sulfonamides is 1. The summed E-state index contributed by atoms with van der Waals surface area (Å²) in [5, 5.41) is 0. The first-order valence-corrected chi connectivity index (χ1v) is 6.14. The number of halogens is 3. The van der Waals surface area contributed by atoms with Crippen LogP contribution >= 0.6 is 11.6 Å². The molecule has 1 N–H and O–H groups in total. The highest BCUT2D eigenvalue weighted by atomic mass is 35.5. The minimum absolute atomic E-state index is 0.0901. The lowest BCUT2D eigenvalue weighted by Gasteiger charge is -2.06. The second-order valence-electron chi connectivity index (χ2n) is 2.77. The molecule has 1 aromatic rings. The molecule has 84 valence electrons.